The van der Waals surface area contributed by atoms with Gasteiger partial charge in [-0.15, -0.1) is 0 Å². The highest BCUT2D eigenvalue weighted by molar-refractivity contribution is 6.30. The lowest BCUT2D eigenvalue weighted by Gasteiger charge is -2.06. The van der Waals surface area contributed by atoms with E-state index in [1.54, 1.807) is 6.92 Å². The van der Waals surface area contributed by atoms with Gasteiger partial charge < -0.3 is 5.73 Å². The van der Waals surface area contributed by atoms with Gasteiger partial charge in [0, 0.05) is 11.4 Å². The molecule has 0 radical (unpaired) electrons. The molecule has 0 amide bonds. The summed E-state index contributed by atoms with van der Waals surface area (Å²) >= 11 is 5.85. The van der Waals surface area contributed by atoms with Crippen LogP contribution in [0.1, 0.15) is 11.6 Å². The van der Waals surface area contributed by atoms with Crippen molar-refractivity contribution < 1.29 is 4.39 Å². The van der Waals surface area contributed by atoms with Gasteiger partial charge in [-0.25, -0.2) is 19.3 Å². The maximum absolute atomic E-state index is 13.7. The number of nitrogens with two attached hydrogens (primary N) is 1. The van der Waals surface area contributed by atoms with E-state index in [4.69, 9.17) is 17.3 Å². The SMILES string of the molecule is Cc1nc(CCN)nc(-c2cc(Cl)ccc2F)n1. The number of rotatable bonds is 3. The van der Waals surface area contributed by atoms with Crippen LogP contribution in [-0.2, 0) is 6.42 Å². The molecule has 0 saturated carbocycles. The van der Waals surface area contributed by atoms with Crippen molar-refractivity contribution in [2.24, 2.45) is 5.73 Å². The van der Waals surface area contributed by atoms with Crippen molar-refractivity contribution in [3.63, 3.8) is 0 Å². The van der Waals surface area contributed by atoms with Crippen molar-refractivity contribution in [2.45, 2.75) is 13.3 Å². The normalized spacial score (nSPS) is 10.7. The van der Waals surface area contributed by atoms with E-state index in [1.165, 1.54) is 18.2 Å². The Morgan fingerprint density at radius 3 is 2.78 bits per heavy atom. The van der Waals surface area contributed by atoms with Crippen LogP contribution in [0, 0.1) is 12.7 Å². The second-order valence-corrected chi connectivity index (χ2v) is 4.22. The molecule has 0 aliphatic carbocycles. The summed E-state index contributed by atoms with van der Waals surface area (Å²) in [6, 6.07) is 4.27. The predicted octanol–water partition coefficient (Wildman–Crippen LogP) is 2.14. The first kappa shape index (κ1) is 12.9. The number of nitrogens with zero attached hydrogens (tertiary/aromatic N) is 3. The van der Waals surface area contributed by atoms with E-state index in [-0.39, 0.29) is 11.4 Å². The second kappa shape index (κ2) is 5.37. The standard InChI is InChI=1S/C12H12ClFN4/c1-7-16-11(4-5-15)18-12(17-7)9-6-8(13)2-3-10(9)14/h2-3,6H,4-5,15H2,1H3. The molecule has 0 fully saturated rings. The molecule has 6 heteroatoms. The zero-order valence-corrected chi connectivity index (χ0v) is 10.6. The molecule has 1 aromatic carbocycles. The fourth-order valence-corrected chi connectivity index (χ4v) is 1.74. The molecular formula is C12H12ClFN4. The first-order valence-corrected chi connectivity index (χ1v) is 5.85. The minimum atomic E-state index is -0.413. The van der Waals surface area contributed by atoms with Crippen molar-refractivity contribution >= 4 is 11.6 Å². The van der Waals surface area contributed by atoms with Crippen molar-refractivity contribution in [3.05, 3.63) is 40.7 Å². The van der Waals surface area contributed by atoms with Crippen LogP contribution < -0.4 is 5.73 Å². The third kappa shape index (κ3) is 2.80. The minimum Gasteiger partial charge on any atom is -0.330 e. The molecule has 1 heterocycles. The lowest BCUT2D eigenvalue weighted by molar-refractivity contribution is 0.629. The molecule has 0 bridgehead atoms. The third-order valence-corrected chi connectivity index (χ3v) is 2.57. The molecule has 0 aliphatic heterocycles. The quantitative estimate of drug-likeness (QED) is 0.924. The molecule has 2 rings (SSSR count). The number of benzene rings is 1. The smallest absolute Gasteiger partial charge is 0.166 e. The molecule has 1 aromatic heterocycles. The Kier molecular flexibility index (Phi) is 3.84. The van der Waals surface area contributed by atoms with E-state index >= 15 is 0 Å². The van der Waals surface area contributed by atoms with Gasteiger partial charge in [-0.05, 0) is 31.7 Å². The summed E-state index contributed by atoms with van der Waals surface area (Å²) in [4.78, 5) is 12.5. The van der Waals surface area contributed by atoms with E-state index in [1.807, 2.05) is 0 Å². The van der Waals surface area contributed by atoms with Gasteiger partial charge in [0.15, 0.2) is 5.82 Å². The molecule has 2 N–H and O–H groups in total. The zero-order chi connectivity index (χ0) is 13.1. The van der Waals surface area contributed by atoms with Gasteiger partial charge in [0.25, 0.3) is 0 Å². The number of aromatic nitrogens is 3. The fraction of sp³-hybridized carbons (Fsp3) is 0.250. The lowest BCUT2D eigenvalue weighted by Crippen LogP contribution is -2.09. The molecule has 2 aromatic rings. The first-order chi connectivity index (χ1) is 8.60. The fourth-order valence-electron chi connectivity index (χ4n) is 1.57. The summed E-state index contributed by atoms with van der Waals surface area (Å²) in [7, 11) is 0. The van der Waals surface area contributed by atoms with E-state index in [9.17, 15) is 4.39 Å². The average Bonchev–Trinajstić information content (AvgIpc) is 2.32. The Morgan fingerprint density at radius 1 is 1.28 bits per heavy atom. The summed E-state index contributed by atoms with van der Waals surface area (Å²) in [5.74, 6) is 0.955. The monoisotopic (exact) mass is 266 g/mol. The maximum Gasteiger partial charge on any atom is 0.166 e. The van der Waals surface area contributed by atoms with Crippen LogP contribution in [0.4, 0.5) is 4.39 Å². The Hall–Kier alpha value is -1.59. The van der Waals surface area contributed by atoms with Crippen molar-refractivity contribution in [1.29, 1.82) is 0 Å². The Balaban J connectivity index is 2.52. The van der Waals surface area contributed by atoms with Crippen molar-refractivity contribution in [2.75, 3.05) is 6.54 Å². The summed E-state index contributed by atoms with van der Waals surface area (Å²) in [6.07, 6.45) is 0.526. The Bertz CT molecular complexity index is 574. The highest BCUT2D eigenvalue weighted by atomic mass is 35.5. The van der Waals surface area contributed by atoms with Gasteiger partial charge in [-0.2, -0.15) is 0 Å². The van der Waals surface area contributed by atoms with Crippen LogP contribution >= 0.6 is 11.6 Å². The Morgan fingerprint density at radius 2 is 2.06 bits per heavy atom. The van der Waals surface area contributed by atoms with E-state index in [0.717, 1.165) is 0 Å². The molecule has 4 nitrogen and oxygen atoms in total. The highest BCUT2D eigenvalue weighted by Gasteiger charge is 2.11. The molecule has 18 heavy (non-hydrogen) atoms. The molecule has 0 aliphatic rings. The number of halogens is 2. The number of hydrogen-bond acceptors (Lipinski definition) is 4. The van der Waals surface area contributed by atoms with Crippen LogP contribution in [-0.4, -0.2) is 21.5 Å². The summed E-state index contributed by atoms with van der Waals surface area (Å²) in [6.45, 7) is 2.16. The van der Waals surface area contributed by atoms with Crippen LogP contribution in [0.2, 0.25) is 5.02 Å². The maximum atomic E-state index is 13.7. The summed E-state index contributed by atoms with van der Waals surface area (Å²) < 4.78 is 13.7. The molecule has 0 saturated heterocycles. The van der Waals surface area contributed by atoms with Crippen molar-refractivity contribution in [3.8, 4) is 11.4 Å². The van der Waals surface area contributed by atoms with Crippen molar-refractivity contribution in [1.82, 2.24) is 15.0 Å². The Labute approximate surface area is 109 Å². The molecule has 94 valence electrons. The van der Waals surface area contributed by atoms with Crippen LogP contribution in [0.25, 0.3) is 11.4 Å². The topological polar surface area (TPSA) is 64.7 Å². The van der Waals surface area contributed by atoms with Gasteiger partial charge in [0.2, 0.25) is 0 Å². The largest absolute Gasteiger partial charge is 0.330 e. The predicted molar refractivity (Wildman–Crippen MR) is 67.7 cm³/mol. The highest BCUT2D eigenvalue weighted by Crippen LogP contribution is 2.23. The zero-order valence-electron chi connectivity index (χ0n) is 9.82. The molecular weight excluding hydrogens is 255 g/mol. The second-order valence-electron chi connectivity index (χ2n) is 3.79. The minimum absolute atomic E-state index is 0.270. The van der Waals surface area contributed by atoms with Crippen LogP contribution in [0.5, 0.6) is 0 Å². The summed E-state index contributed by atoms with van der Waals surface area (Å²) in [5.41, 5.74) is 5.73. The molecule has 0 atom stereocenters. The lowest BCUT2D eigenvalue weighted by atomic mass is 10.2. The van der Waals surface area contributed by atoms with Gasteiger partial charge in [-0.1, -0.05) is 11.6 Å². The first-order valence-electron chi connectivity index (χ1n) is 5.47. The van der Waals surface area contributed by atoms with Gasteiger partial charge in [0.05, 0.1) is 5.56 Å². The van der Waals surface area contributed by atoms with E-state index in [2.05, 4.69) is 15.0 Å². The van der Waals surface area contributed by atoms with Crippen LogP contribution in [0.3, 0.4) is 0 Å². The summed E-state index contributed by atoms with van der Waals surface area (Å²) in [5, 5.41) is 0.435. The van der Waals surface area contributed by atoms with Gasteiger partial charge in [-0.3, -0.25) is 0 Å². The van der Waals surface area contributed by atoms with E-state index < -0.39 is 5.82 Å². The molecule has 0 unspecified atom stereocenters. The average molecular weight is 267 g/mol. The van der Waals surface area contributed by atoms with Crippen LogP contribution in [0.15, 0.2) is 18.2 Å². The third-order valence-electron chi connectivity index (χ3n) is 2.33. The van der Waals surface area contributed by atoms with Gasteiger partial charge in [0.1, 0.15) is 17.5 Å². The molecule has 0 spiro atoms. The number of hydrogen-bond donors (Lipinski definition) is 1. The number of aryl methyl sites for hydroxylation is 1. The van der Waals surface area contributed by atoms with E-state index in [0.29, 0.717) is 29.6 Å². The van der Waals surface area contributed by atoms with Gasteiger partial charge >= 0.3 is 0 Å².